The Morgan fingerprint density at radius 1 is 0.774 bits per heavy atom. The Labute approximate surface area is 190 Å². The van der Waals surface area contributed by atoms with Crippen molar-refractivity contribution < 1.29 is 9.47 Å². The van der Waals surface area contributed by atoms with Gasteiger partial charge in [0.1, 0.15) is 0 Å². The van der Waals surface area contributed by atoms with Crippen LogP contribution in [0.15, 0.2) is 53.5 Å². The molecule has 2 aromatic carbocycles. The second kappa shape index (κ2) is 10.2. The monoisotopic (exact) mass is 438 g/mol. The van der Waals surface area contributed by atoms with Crippen molar-refractivity contribution in [1.29, 1.82) is 0 Å². The SMILES string of the molecule is Cc1ccc(N=C(N2CCOCC2)N(C(=S)N2CCOCC2)c2ccc(C)cc2)cc1. The molecule has 0 aromatic heterocycles. The number of benzene rings is 2. The summed E-state index contributed by atoms with van der Waals surface area (Å²) in [7, 11) is 0. The molecule has 0 amide bonds. The maximum absolute atomic E-state index is 6.05. The third-order valence-corrected chi connectivity index (χ3v) is 5.96. The number of aliphatic imine (C=N–C) groups is 1. The molecule has 2 aliphatic heterocycles. The minimum atomic E-state index is 0.680. The first kappa shape index (κ1) is 21.7. The molecule has 2 aliphatic rings. The van der Waals surface area contributed by atoms with Crippen LogP contribution in [0.2, 0.25) is 0 Å². The van der Waals surface area contributed by atoms with E-state index < -0.39 is 0 Å². The van der Waals surface area contributed by atoms with Crippen molar-refractivity contribution in [2.75, 3.05) is 57.5 Å². The van der Waals surface area contributed by atoms with Crippen molar-refractivity contribution in [3.8, 4) is 0 Å². The molecule has 2 saturated heterocycles. The maximum atomic E-state index is 6.05. The van der Waals surface area contributed by atoms with E-state index in [4.69, 9.17) is 26.7 Å². The molecule has 31 heavy (non-hydrogen) atoms. The summed E-state index contributed by atoms with van der Waals surface area (Å²) in [5, 5.41) is 0.754. The van der Waals surface area contributed by atoms with Crippen molar-refractivity contribution in [1.82, 2.24) is 9.80 Å². The van der Waals surface area contributed by atoms with Gasteiger partial charge in [0.05, 0.1) is 37.8 Å². The van der Waals surface area contributed by atoms with Gasteiger partial charge in [0.25, 0.3) is 0 Å². The molecule has 0 atom stereocenters. The lowest BCUT2D eigenvalue weighted by atomic mass is 10.2. The van der Waals surface area contributed by atoms with Crippen LogP contribution in [-0.2, 0) is 9.47 Å². The van der Waals surface area contributed by atoms with E-state index in [-0.39, 0.29) is 0 Å². The number of guanidine groups is 1. The lowest BCUT2D eigenvalue weighted by molar-refractivity contribution is 0.0657. The first-order chi connectivity index (χ1) is 15.1. The Hall–Kier alpha value is -2.48. The van der Waals surface area contributed by atoms with Gasteiger partial charge in [-0.1, -0.05) is 35.4 Å². The number of hydrogen-bond acceptors (Lipinski definition) is 4. The summed E-state index contributed by atoms with van der Waals surface area (Å²) in [6, 6.07) is 16.8. The highest BCUT2D eigenvalue weighted by Gasteiger charge is 2.29. The van der Waals surface area contributed by atoms with Gasteiger partial charge < -0.3 is 19.3 Å². The van der Waals surface area contributed by atoms with Crippen molar-refractivity contribution >= 4 is 34.7 Å². The van der Waals surface area contributed by atoms with E-state index in [9.17, 15) is 0 Å². The zero-order chi connectivity index (χ0) is 21.6. The topological polar surface area (TPSA) is 40.5 Å². The smallest absolute Gasteiger partial charge is 0.213 e. The number of ether oxygens (including phenoxy) is 2. The van der Waals surface area contributed by atoms with Gasteiger partial charge in [-0.2, -0.15) is 0 Å². The van der Waals surface area contributed by atoms with E-state index in [2.05, 4.69) is 77.1 Å². The van der Waals surface area contributed by atoms with Gasteiger partial charge in [0.2, 0.25) is 5.96 Å². The molecule has 2 aromatic rings. The molecule has 0 N–H and O–H groups in total. The molecule has 0 spiro atoms. The first-order valence-corrected chi connectivity index (χ1v) is 11.2. The standard InChI is InChI=1S/C24H30N4O2S/c1-19-3-7-21(8-4-19)25-23(26-11-15-29-16-12-26)28(22-9-5-20(2)6-10-22)24(31)27-13-17-30-18-14-27/h3-10H,11-18H2,1-2H3. The number of nitrogens with zero attached hydrogens (tertiary/aromatic N) is 4. The molecule has 0 aliphatic carbocycles. The van der Waals surface area contributed by atoms with Gasteiger partial charge in [0.15, 0.2) is 5.11 Å². The quantitative estimate of drug-likeness (QED) is 0.404. The van der Waals surface area contributed by atoms with E-state index >= 15 is 0 Å². The largest absolute Gasteiger partial charge is 0.378 e. The van der Waals surface area contributed by atoms with E-state index in [0.29, 0.717) is 26.4 Å². The van der Waals surface area contributed by atoms with Crippen LogP contribution in [0.25, 0.3) is 0 Å². The highest BCUT2D eigenvalue weighted by Crippen LogP contribution is 2.23. The van der Waals surface area contributed by atoms with Gasteiger partial charge in [-0.25, -0.2) is 4.99 Å². The first-order valence-electron chi connectivity index (χ1n) is 10.8. The molecule has 0 saturated carbocycles. The Kier molecular flexibility index (Phi) is 7.17. The minimum Gasteiger partial charge on any atom is -0.378 e. The summed E-state index contributed by atoms with van der Waals surface area (Å²) in [5.41, 5.74) is 4.35. The number of anilines is 1. The molecule has 0 radical (unpaired) electrons. The van der Waals surface area contributed by atoms with Crippen molar-refractivity contribution in [3.63, 3.8) is 0 Å². The summed E-state index contributed by atoms with van der Waals surface area (Å²) in [4.78, 5) is 11.7. The van der Waals surface area contributed by atoms with Crippen LogP contribution in [-0.4, -0.2) is 73.5 Å². The van der Waals surface area contributed by atoms with Gasteiger partial charge in [0, 0.05) is 26.2 Å². The second-order valence-corrected chi connectivity index (χ2v) is 8.26. The fraction of sp³-hybridized carbons (Fsp3) is 0.417. The molecule has 6 nitrogen and oxygen atoms in total. The summed E-state index contributed by atoms with van der Waals surface area (Å²) in [5.74, 6) is 0.840. The van der Waals surface area contributed by atoms with Crippen LogP contribution in [0.4, 0.5) is 11.4 Å². The molecule has 2 fully saturated rings. The van der Waals surface area contributed by atoms with E-state index in [0.717, 1.165) is 48.6 Å². The predicted octanol–water partition coefficient (Wildman–Crippen LogP) is 3.75. The Balaban J connectivity index is 1.78. The summed E-state index contributed by atoms with van der Waals surface area (Å²) >= 11 is 6.05. The van der Waals surface area contributed by atoms with Crippen molar-refractivity contribution in [2.45, 2.75) is 13.8 Å². The van der Waals surface area contributed by atoms with Crippen LogP contribution in [0, 0.1) is 13.8 Å². The van der Waals surface area contributed by atoms with Crippen molar-refractivity contribution in [2.24, 2.45) is 4.99 Å². The third-order valence-electron chi connectivity index (χ3n) is 5.52. The van der Waals surface area contributed by atoms with E-state index in [1.165, 1.54) is 11.1 Å². The Bertz CT molecular complexity index is 902. The highest BCUT2D eigenvalue weighted by atomic mass is 32.1. The predicted molar refractivity (Wildman–Crippen MR) is 129 cm³/mol. The zero-order valence-electron chi connectivity index (χ0n) is 18.3. The molecule has 0 unspecified atom stereocenters. The fourth-order valence-electron chi connectivity index (χ4n) is 3.66. The number of aryl methyl sites for hydroxylation is 2. The molecule has 0 bridgehead atoms. The van der Waals surface area contributed by atoms with Crippen molar-refractivity contribution in [3.05, 3.63) is 59.7 Å². The fourth-order valence-corrected chi connectivity index (χ4v) is 4.03. The molecular weight excluding hydrogens is 408 g/mol. The molecular formula is C24H30N4O2S. The van der Waals surface area contributed by atoms with Gasteiger partial charge in [-0.05, 0) is 50.3 Å². The normalized spacial score (nSPS) is 17.5. The molecule has 7 heteroatoms. The van der Waals surface area contributed by atoms with Crippen LogP contribution in [0.5, 0.6) is 0 Å². The van der Waals surface area contributed by atoms with E-state index in [1.807, 2.05) is 0 Å². The van der Waals surface area contributed by atoms with Gasteiger partial charge in [-0.3, -0.25) is 4.90 Å². The van der Waals surface area contributed by atoms with Crippen LogP contribution >= 0.6 is 12.2 Å². The summed E-state index contributed by atoms with van der Waals surface area (Å²) in [6.07, 6.45) is 0. The van der Waals surface area contributed by atoms with E-state index in [1.54, 1.807) is 0 Å². The maximum Gasteiger partial charge on any atom is 0.213 e. The third kappa shape index (κ3) is 5.42. The summed E-state index contributed by atoms with van der Waals surface area (Å²) < 4.78 is 11.2. The number of hydrogen-bond donors (Lipinski definition) is 0. The second-order valence-electron chi connectivity index (χ2n) is 7.90. The van der Waals surface area contributed by atoms with Gasteiger partial charge in [-0.15, -0.1) is 0 Å². The number of morpholine rings is 2. The molecule has 2 heterocycles. The lowest BCUT2D eigenvalue weighted by Gasteiger charge is -2.40. The number of thiocarbonyl (C=S) groups is 1. The molecule has 164 valence electrons. The zero-order valence-corrected chi connectivity index (χ0v) is 19.1. The summed E-state index contributed by atoms with van der Waals surface area (Å²) in [6.45, 7) is 10.0. The highest BCUT2D eigenvalue weighted by molar-refractivity contribution is 7.80. The van der Waals surface area contributed by atoms with Gasteiger partial charge >= 0.3 is 0 Å². The van der Waals surface area contributed by atoms with Crippen LogP contribution in [0.3, 0.4) is 0 Å². The Morgan fingerprint density at radius 2 is 1.26 bits per heavy atom. The minimum absolute atomic E-state index is 0.680. The average molecular weight is 439 g/mol. The molecule has 4 rings (SSSR count). The van der Waals surface area contributed by atoms with Crippen LogP contribution in [0.1, 0.15) is 11.1 Å². The average Bonchev–Trinajstić information content (AvgIpc) is 2.82. The number of rotatable bonds is 2. The lowest BCUT2D eigenvalue weighted by Crippen LogP contribution is -2.56. The Morgan fingerprint density at radius 3 is 1.81 bits per heavy atom. The van der Waals surface area contributed by atoms with Crippen LogP contribution < -0.4 is 4.90 Å².